The highest BCUT2D eigenvalue weighted by Crippen LogP contribution is 2.29. The molecule has 0 fully saturated rings. The summed E-state index contributed by atoms with van der Waals surface area (Å²) in [5.41, 5.74) is 0.733. The third-order valence-electron chi connectivity index (χ3n) is 3.75. The van der Waals surface area contributed by atoms with Crippen molar-refractivity contribution in [2.24, 2.45) is 0 Å². The van der Waals surface area contributed by atoms with E-state index < -0.39 is 5.97 Å². The Kier molecular flexibility index (Phi) is 5.77. The Hall–Kier alpha value is -2.98. The molecule has 0 aliphatic carbocycles. The first-order valence-corrected chi connectivity index (χ1v) is 8.45. The molecule has 0 spiro atoms. The smallest absolute Gasteiger partial charge is 0.328 e. The van der Waals surface area contributed by atoms with Crippen molar-refractivity contribution >= 4 is 34.4 Å². The molecular formula is C21H17ClO4. The molecule has 0 aromatic heterocycles. The maximum atomic E-state index is 10.9. The zero-order valence-electron chi connectivity index (χ0n) is 13.9. The molecule has 3 aromatic rings. The number of benzene rings is 3. The zero-order chi connectivity index (χ0) is 18.4. The van der Waals surface area contributed by atoms with Crippen molar-refractivity contribution in [3.05, 3.63) is 77.3 Å². The van der Waals surface area contributed by atoms with Gasteiger partial charge in [0, 0.05) is 16.7 Å². The molecule has 26 heavy (non-hydrogen) atoms. The molecule has 3 aromatic carbocycles. The number of carboxylic acid groups (broad SMARTS) is 1. The normalized spacial score (nSPS) is 11.0. The van der Waals surface area contributed by atoms with Crippen LogP contribution in [0, 0.1) is 0 Å². The Morgan fingerprint density at radius 3 is 2.46 bits per heavy atom. The van der Waals surface area contributed by atoms with Crippen molar-refractivity contribution in [1.82, 2.24) is 0 Å². The van der Waals surface area contributed by atoms with Crippen LogP contribution in [0.5, 0.6) is 11.5 Å². The minimum Gasteiger partial charge on any atom is -0.490 e. The standard InChI is InChI=1S/C21H17ClO4/c22-16-6-8-17(9-7-16)25-13-14-26-20-11-5-15-3-1-2-4-18(15)19(20)10-12-21(23)24/h1-12H,13-14H2,(H,23,24). The Balaban J connectivity index is 1.73. The summed E-state index contributed by atoms with van der Waals surface area (Å²) in [6.45, 7) is 0.686. The highest BCUT2D eigenvalue weighted by atomic mass is 35.5. The lowest BCUT2D eigenvalue weighted by Gasteiger charge is -2.12. The van der Waals surface area contributed by atoms with E-state index in [1.165, 1.54) is 0 Å². The highest BCUT2D eigenvalue weighted by molar-refractivity contribution is 6.30. The van der Waals surface area contributed by atoms with Gasteiger partial charge in [0.2, 0.25) is 0 Å². The molecule has 3 rings (SSSR count). The quantitative estimate of drug-likeness (QED) is 0.468. The minimum atomic E-state index is -1.00. The van der Waals surface area contributed by atoms with Crippen molar-refractivity contribution in [2.75, 3.05) is 13.2 Å². The molecule has 0 amide bonds. The van der Waals surface area contributed by atoms with Gasteiger partial charge in [-0.25, -0.2) is 4.79 Å². The molecule has 0 aliphatic heterocycles. The molecular weight excluding hydrogens is 352 g/mol. The lowest BCUT2D eigenvalue weighted by molar-refractivity contribution is -0.131. The van der Waals surface area contributed by atoms with Gasteiger partial charge in [-0.3, -0.25) is 0 Å². The first-order chi connectivity index (χ1) is 12.6. The second-order valence-electron chi connectivity index (χ2n) is 5.52. The summed E-state index contributed by atoms with van der Waals surface area (Å²) < 4.78 is 11.4. The zero-order valence-corrected chi connectivity index (χ0v) is 14.6. The number of ether oxygens (including phenoxy) is 2. The van der Waals surface area contributed by atoms with Gasteiger partial charge in [0.15, 0.2) is 0 Å². The van der Waals surface area contributed by atoms with E-state index >= 15 is 0 Å². The van der Waals surface area contributed by atoms with Crippen LogP contribution < -0.4 is 9.47 Å². The summed E-state index contributed by atoms with van der Waals surface area (Å²) in [6, 6.07) is 18.6. The van der Waals surface area contributed by atoms with Crippen molar-refractivity contribution in [1.29, 1.82) is 0 Å². The third-order valence-corrected chi connectivity index (χ3v) is 4.00. The number of fused-ring (bicyclic) bond motifs is 1. The summed E-state index contributed by atoms with van der Waals surface area (Å²) in [5.74, 6) is 0.318. The number of halogens is 1. The summed E-state index contributed by atoms with van der Waals surface area (Å²) >= 11 is 5.84. The van der Waals surface area contributed by atoms with Gasteiger partial charge in [-0.2, -0.15) is 0 Å². The van der Waals surface area contributed by atoms with Crippen molar-refractivity contribution in [2.45, 2.75) is 0 Å². The van der Waals surface area contributed by atoms with Gasteiger partial charge in [-0.05, 0) is 47.2 Å². The van der Waals surface area contributed by atoms with Crippen LogP contribution in [0.25, 0.3) is 16.8 Å². The molecule has 4 nitrogen and oxygen atoms in total. The van der Waals surface area contributed by atoms with Gasteiger partial charge in [0.25, 0.3) is 0 Å². The van der Waals surface area contributed by atoms with E-state index in [0.29, 0.717) is 29.7 Å². The highest BCUT2D eigenvalue weighted by Gasteiger charge is 2.07. The Bertz CT molecular complexity index is 932. The molecule has 0 aliphatic rings. The molecule has 0 atom stereocenters. The third kappa shape index (κ3) is 4.55. The number of hydrogen-bond acceptors (Lipinski definition) is 3. The van der Waals surface area contributed by atoms with E-state index in [9.17, 15) is 4.79 Å². The number of hydrogen-bond donors (Lipinski definition) is 1. The Morgan fingerprint density at radius 1 is 0.962 bits per heavy atom. The van der Waals surface area contributed by atoms with E-state index in [0.717, 1.165) is 22.4 Å². The van der Waals surface area contributed by atoms with Crippen LogP contribution in [0.2, 0.25) is 5.02 Å². The van der Waals surface area contributed by atoms with Gasteiger partial charge in [-0.1, -0.05) is 41.9 Å². The first kappa shape index (κ1) is 17.8. The second kappa shape index (κ2) is 8.41. The van der Waals surface area contributed by atoms with Crippen LogP contribution in [0.15, 0.2) is 66.7 Å². The Morgan fingerprint density at radius 2 is 1.69 bits per heavy atom. The minimum absolute atomic E-state index is 0.328. The summed E-state index contributed by atoms with van der Waals surface area (Å²) in [6.07, 6.45) is 2.67. The fourth-order valence-electron chi connectivity index (χ4n) is 2.57. The maximum Gasteiger partial charge on any atom is 0.328 e. The van der Waals surface area contributed by atoms with Crippen LogP contribution in [0.3, 0.4) is 0 Å². The lowest BCUT2D eigenvalue weighted by Crippen LogP contribution is -2.09. The first-order valence-electron chi connectivity index (χ1n) is 8.07. The molecule has 0 heterocycles. The maximum absolute atomic E-state index is 10.9. The molecule has 0 saturated carbocycles. The predicted molar refractivity (Wildman–Crippen MR) is 103 cm³/mol. The van der Waals surface area contributed by atoms with Crippen LogP contribution >= 0.6 is 11.6 Å². The average Bonchev–Trinajstić information content (AvgIpc) is 2.65. The van der Waals surface area contributed by atoms with Gasteiger partial charge in [0.1, 0.15) is 24.7 Å². The average molecular weight is 369 g/mol. The van der Waals surface area contributed by atoms with Crippen molar-refractivity contribution < 1.29 is 19.4 Å². The summed E-state index contributed by atoms with van der Waals surface area (Å²) in [5, 5.41) is 11.5. The number of carbonyl (C=O) groups is 1. The number of carboxylic acids is 1. The van der Waals surface area contributed by atoms with Gasteiger partial charge in [-0.15, -0.1) is 0 Å². The number of rotatable bonds is 7. The monoisotopic (exact) mass is 368 g/mol. The van der Waals surface area contributed by atoms with Crippen LogP contribution in [-0.4, -0.2) is 24.3 Å². The van der Waals surface area contributed by atoms with E-state index in [1.54, 1.807) is 30.3 Å². The molecule has 5 heteroatoms. The number of aliphatic carboxylic acids is 1. The molecule has 1 N–H and O–H groups in total. The van der Waals surface area contributed by atoms with E-state index in [1.807, 2.05) is 36.4 Å². The summed E-state index contributed by atoms with van der Waals surface area (Å²) in [7, 11) is 0. The fourth-order valence-corrected chi connectivity index (χ4v) is 2.70. The summed E-state index contributed by atoms with van der Waals surface area (Å²) in [4.78, 5) is 10.9. The van der Waals surface area contributed by atoms with E-state index in [-0.39, 0.29) is 0 Å². The Labute approximate surface area is 156 Å². The van der Waals surface area contributed by atoms with Crippen molar-refractivity contribution in [3.8, 4) is 11.5 Å². The topological polar surface area (TPSA) is 55.8 Å². The fraction of sp³-hybridized carbons (Fsp3) is 0.0952. The van der Waals surface area contributed by atoms with Crippen molar-refractivity contribution in [3.63, 3.8) is 0 Å². The molecule has 0 bridgehead atoms. The lowest BCUT2D eigenvalue weighted by atomic mass is 10.0. The second-order valence-corrected chi connectivity index (χ2v) is 5.96. The van der Waals surface area contributed by atoms with E-state index in [2.05, 4.69) is 0 Å². The van der Waals surface area contributed by atoms with E-state index in [4.69, 9.17) is 26.2 Å². The molecule has 0 unspecified atom stereocenters. The molecule has 132 valence electrons. The SMILES string of the molecule is O=C(O)C=Cc1c(OCCOc2ccc(Cl)cc2)ccc2ccccc12. The van der Waals surface area contributed by atoms with Crippen LogP contribution in [0.4, 0.5) is 0 Å². The predicted octanol–water partition coefficient (Wildman–Crippen LogP) is 5.05. The van der Waals surface area contributed by atoms with Gasteiger partial charge in [0.05, 0.1) is 0 Å². The molecule has 0 saturated heterocycles. The van der Waals surface area contributed by atoms with Gasteiger partial charge < -0.3 is 14.6 Å². The van der Waals surface area contributed by atoms with Crippen LogP contribution in [0.1, 0.15) is 5.56 Å². The largest absolute Gasteiger partial charge is 0.490 e. The molecule has 0 radical (unpaired) electrons. The van der Waals surface area contributed by atoms with Crippen LogP contribution in [-0.2, 0) is 4.79 Å². The van der Waals surface area contributed by atoms with Gasteiger partial charge >= 0.3 is 5.97 Å².